The molecule has 0 aliphatic carbocycles. The van der Waals surface area contributed by atoms with E-state index in [1.165, 1.54) is 19.3 Å². The van der Waals surface area contributed by atoms with E-state index in [4.69, 9.17) is 11.6 Å². The summed E-state index contributed by atoms with van der Waals surface area (Å²) in [5.74, 6) is 0. The van der Waals surface area contributed by atoms with Crippen LogP contribution in [0.25, 0.3) is 0 Å². The van der Waals surface area contributed by atoms with Gasteiger partial charge in [0.25, 0.3) is 0 Å². The Bertz CT molecular complexity index is 467. The van der Waals surface area contributed by atoms with Crippen molar-refractivity contribution >= 4 is 17.3 Å². The lowest BCUT2D eigenvalue weighted by Gasteiger charge is -2.38. The zero-order chi connectivity index (χ0) is 13.7. The summed E-state index contributed by atoms with van der Waals surface area (Å²) in [6, 6.07) is 8.42. The van der Waals surface area contributed by atoms with E-state index in [1.54, 1.807) is 6.07 Å². The Hall–Kier alpha value is -1.24. The zero-order valence-corrected chi connectivity index (χ0v) is 12.1. The lowest BCUT2D eigenvalue weighted by molar-refractivity contribution is 0.433. The van der Waals surface area contributed by atoms with Gasteiger partial charge in [0.2, 0.25) is 0 Å². The van der Waals surface area contributed by atoms with Gasteiger partial charge in [0.05, 0.1) is 11.3 Å². The molecule has 1 aliphatic rings. The molecule has 4 heteroatoms. The molecule has 0 aromatic heterocycles. The first-order valence-corrected chi connectivity index (χ1v) is 7.25. The van der Waals surface area contributed by atoms with E-state index in [2.05, 4.69) is 16.3 Å². The van der Waals surface area contributed by atoms with E-state index in [0.29, 0.717) is 16.6 Å². The van der Waals surface area contributed by atoms with Crippen molar-refractivity contribution in [1.82, 2.24) is 5.32 Å². The van der Waals surface area contributed by atoms with Crippen LogP contribution in [0.1, 0.15) is 31.2 Å². The van der Waals surface area contributed by atoms with E-state index in [1.807, 2.05) is 19.2 Å². The molecule has 1 aromatic rings. The lowest BCUT2D eigenvalue weighted by Crippen LogP contribution is -2.41. The smallest absolute Gasteiger partial charge is 0.101 e. The molecule has 1 unspecified atom stereocenters. The topological polar surface area (TPSA) is 39.1 Å². The van der Waals surface area contributed by atoms with E-state index in [-0.39, 0.29) is 0 Å². The predicted molar refractivity (Wildman–Crippen MR) is 79.7 cm³/mol. The molecule has 0 bridgehead atoms. The molecular formula is C15H20ClN3. The Kier molecular flexibility index (Phi) is 5.07. The van der Waals surface area contributed by atoms with Gasteiger partial charge in [-0.05, 0) is 57.5 Å². The minimum absolute atomic E-state index is 0.523. The summed E-state index contributed by atoms with van der Waals surface area (Å²) in [7, 11) is 1.98. The Morgan fingerprint density at radius 1 is 1.47 bits per heavy atom. The molecule has 1 aromatic carbocycles. The van der Waals surface area contributed by atoms with Crippen molar-refractivity contribution in [3.05, 3.63) is 28.8 Å². The number of hydrogen-bond acceptors (Lipinski definition) is 3. The number of piperidine rings is 1. The molecule has 0 spiro atoms. The van der Waals surface area contributed by atoms with E-state index < -0.39 is 0 Å². The number of nitrogens with zero attached hydrogens (tertiary/aromatic N) is 2. The monoisotopic (exact) mass is 277 g/mol. The maximum Gasteiger partial charge on any atom is 0.101 e. The molecule has 1 fully saturated rings. The zero-order valence-electron chi connectivity index (χ0n) is 11.3. The molecular weight excluding hydrogens is 258 g/mol. The molecule has 102 valence electrons. The van der Waals surface area contributed by atoms with Crippen LogP contribution in [0.2, 0.25) is 5.02 Å². The summed E-state index contributed by atoms with van der Waals surface area (Å²) >= 11 is 5.97. The average Bonchev–Trinajstić information content (AvgIpc) is 2.45. The maximum absolute atomic E-state index is 9.29. The third-order valence-electron chi connectivity index (χ3n) is 3.74. The van der Waals surface area contributed by atoms with Gasteiger partial charge in [0, 0.05) is 17.6 Å². The highest BCUT2D eigenvalue weighted by atomic mass is 35.5. The summed E-state index contributed by atoms with van der Waals surface area (Å²) in [5, 5.41) is 13.1. The first-order chi connectivity index (χ1) is 9.26. The predicted octanol–water partition coefficient (Wildman–Crippen LogP) is 3.18. The second-order valence-corrected chi connectivity index (χ2v) is 5.44. The molecule has 1 saturated heterocycles. The van der Waals surface area contributed by atoms with Crippen molar-refractivity contribution in [2.45, 2.75) is 31.7 Å². The second kappa shape index (κ2) is 6.79. The fourth-order valence-corrected chi connectivity index (χ4v) is 2.95. The number of halogens is 1. The van der Waals surface area contributed by atoms with Gasteiger partial charge >= 0.3 is 0 Å². The van der Waals surface area contributed by atoms with Crippen LogP contribution in [0.4, 0.5) is 5.69 Å². The Morgan fingerprint density at radius 3 is 3.05 bits per heavy atom. The van der Waals surface area contributed by atoms with Crippen LogP contribution in [0.15, 0.2) is 18.2 Å². The fourth-order valence-electron chi connectivity index (χ4n) is 2.78. The highest BCUT2D eigenvalue weighted by Crippen LogP contribution is 2.30. The lowest BCUT2D eigenvalue weighted by atomic mass is 9.97. The van der Waals surface area contributed by atoms with Crippen LogP contribution in [-0.2, 0) is 0 Å². The molecule has 19 heavy (non-hydrogen) atoms. The van der Waals surface area contributed by atoms with Gasteiger partial charge in [-0.2, -0.15) is 5.26 Å². The van der Waals surface area contributed by atoms with Crippen LogP contribution in [0, 0.1) is 11.3 Å². The second-order valence-electron chi connectivity index (χ2n) is 5.01. The Morgan fingerprint density at radius 2 is 2.32 bits per heavy atom. The fraction of sp³-hybridized carbons (Fsp3) is 0.533. The van der Waals surface area contributed by atoms with Gasteiger partial charge in [-0.15, -0.1) is 0 Å². The minimum atomic E-state index is 0.523. The first kappa shape index (κ1) is 14.2. The standard InChI is InChI=1S/C15H20ClN3/c1-18-8-7-14-4-2-3-9-19(14)15-6-5-13(16)10-12(15)11-17/h5-6,10,14,18H,2-4,7-9H2,1H3. The molecule has 1 heterocycles. The molecule has 2 rings (SSSR count). The van der Waals surface area contributed by atoms with Crippen molar-refractivity contribution in [1.29, 1.82) is 5.26 Å². The van der Waals surface area contributed by atoms with Gasteiger partial charge in [0.15, 0.2) is 0 Å². The quantitative estimate of drug-likeness (QED) is 0.919. The van der Waals surface area contributed by atoms with Gasteiger partial charge in [-0.25, -0.2) is 0 Å². The van der Waals surface area contributed by atoms with Crippen molar-refractivity contribution in [3.63, 3.8) is 0 Å². The summed E-state index contributed by atoms with van der Waals surface area (Å²) < 4.78 is 0. The van der Waals surface area contributed by atoms with Crippen LogP contribution in [-0.4, -0.2) is 26.2 Å². The van der Waals surface area contributed by atoms with Crippen LogP contribution in [0.5, 0.6) is 0 Å². The van der Waals surface area contributed by atoms with Crippen molar-refractivity contribution in [2.24, 2.45) is 0 Å². The van der Waals surface area contributed by atoms with Gasteiger partial charge < -0.3 is 10.2 Å². The highest BCUT2D eigenvalue weighted by molar-refractivity contribution is 6.30. The number of hydrogen-bond donors (Lipinski definition) is 1. The van der Waals surface area contributed by atoms with E-state index in [9.17, 15) is 5.26 Å². The van der Waals surface area contributed by atoms with Crippen molar-refractivity contribution in [3.8, 4) is 6.07 Å². The highest BCUT2D eigenvalue weighted by Gasteiger charge is 2.24. The van der Waals surface area contributed by atoms with Gasteiger partial charge in [0.1, 0.15) is 6.07 Å². The number of anilines is 1. The third kappa shape index (κ3) is 3.40. The molecule has 0 radical (unpaired) electrons. The summed E-state index contributed by atoms with van der Waals surface area (Å²) in [6.07, 6.45) is 4.79. The van der Waals surface area contributed by atoms with E-state index in [0.717, 1.165) is 25.2 Å². The first-order valence-electron chi connectivity index (χ1n) is 6.87. The minimum Gasteiger partial charge on any atom is -0.367 e. The van der Waals surface area contributed by atoms with Crippen LogP contribution in [0.3, 0.4) is 0 Å². The SMILES string of the molecule is CNCCC1CCCCN1c1ccc(Cl)cc1C#N. The normalized spacial score (nSPS) is 19.2. The third-order valence-corrected chi connectivity index (χ3v) is 3.98. The number of rotatable bonds is 4. The molecule has 1 N–H and O–H groups in total. The number of nitrogens with one attached hydrogen (secondary N) is 1. The van der Waals surface area contributed by atoms with Crippen molar-refractivity contribution < 1.29 is 0 Å². The number of nitriles is 1. The number of benzene rings is 1. The average molecular weight is 278 g/mol. The van der Waals surface area contributed by atoms with Crippen LogP contribution >= 0.6 is 11.6 Å². The van der Waals surface area contributed by atoms with Gasteiger partial charge in [-0.3, -0.25) is 0 Å². The van der Waals surface area contributed by atoms with Crippen molar-refractivity contribution in [2.75, 3.05) is 25.0 Å². The molecule has 1 aliphatic heterocycles. The Labute approximate surface area is 120 Å². The molecule has 0 saturated carbocycles. The van der Waals surface area contributed by atoms with Gasteiger partial charge in [-0.1, -0.05) is 11.6 Å². The molecule has 3 nitrogen and oxygen atoms in total. The summed E-state index contributed by atoms with van der Waals surface area (Å²) in [6.45, 7) is 2.04. The summed E-state index contributed by atoms with van der Waals surface area (Å²) in [4.78, 5) is 2.38. The largest absolute Gasteiger partial charge is 0.367 e. The van der Waals surface area contributed by atoms with Crippen LogP contribution < -0.4 is 10.2 Å². The summed E-state index contributed by atoms with van der Waals surface area (Å²) in [5.41, 5.74) is 1.72. The Balaban J connectivity index is 2.24. The molecule has 0 amide bonds. The molecule has 1 atom stereocenters. The van der Waals surface area contributed by atoms with E-state index >= 15 is 0 Å². The maximum atomic E-state index is 9.29.